The van der Waals surface area contributed by atoms with Gasteiger partial charge in [-0.2, -0.15) is 0 Å². The van der Waals surface area contributed by atoms with Gasteiger partial charge in [-0.3, -0.25) is 4.79 Å². The average Bonchev–Trinajstić information content (AvgIpc) is 2.68. The van der Waals surface area contributed by atoms with E-state index >= 15 is 0 Å². The molecule has 0 aliphatic carbocycles. The van der Waals surface area contributed by atoms with Gasteiger partial charge in [-0.15, -0.1) is 0 Å². The molecule has 0 saturated carbocycles. The molecular weight excluding hydrogens is 358 g/mol. The number of likely N-dealkylation sites (N-methyl/N-ethyl adjacent to an activating group) is 1. The number of aryl methyl sites for hydroxylation is 1. The Hall–Kier alpha value is -1.50. The summed E-state index contributed by atoms with van der Waals surface area (Å²) >= 11 is 1.57. The SMILES string of the molecule is C=C(CCC(=O)NC(CNC)C1CCOCC1)Sc1cc(CC)ccc1N. The highest BCUT2D eigenvalue weighted by atomic mass is 32.2. The summed E-state index contributed by atoms with van der Waals surface area (Å²) in [6, 6.07) is 6.26. The molecule has 4 N–H and O–H groups in total. The van der Waals surface area contributed by atoms with Gasteiger partial charge in [-0.1, -0.05) is 31.3 Å². The molecule has 1 aromatic carbocycles. The van der Waals surface area contributed by atoms with Crippen LogP contribution in [0, 0.1) is 5.92 Å². The van der Waals surface area contributed by atoms with Crippen LogP contribution in [0.5, 0.6) is 0 Å². The Morgan fingerprint density at radius 2 is 2.11 bits per heavy atom. The minimum Gasteiger partial charge on any atom is -0.398 e. The standard InChI is InChI=1S/C21H33N3O2S/c1-4-16-6-7-18(22)20(13-16)27-15(2)5-8-21(25)24-19(14-23-3)17-9-11-26-12-10-17/h6-7,13,17,19,23H,2,4-5,8-12,14,22H2,1,3H3,(H,24,25). The first kappa shape index (κ1) is 21.8. The highest BCUT2D eigenvalue weighted by Crippen LogP contribution is 2.33. The van der Waals surface area contributed by atoms with Crippen LogP contribution in [-0.2, 0) is 16.0 Å². The van der Waals surface area contributed by atoms with Gasteiger partial charge in [0.2, 0.25) is 5.91 Å². The predicted molar refractivity (Wildman–Crippen MR) is 114 cm³/mol. The summed E-state index contributed by atoms with van der Waals surface area (Å²) in [7, 11) is 1.92. The number of hydrogen-bond acceptors (Lipinski definition) is 5. The molecule has 0 aromatic heterocycles. The van der Waals surface area contributed by atoms with E-state index in [0.29, 0.717) is 18.8 Å². The highest BCUT2D eigenvalue weighted by Gasteiger charge is 2.24. The maximum Gasteiger partial charge on any atom is 0.220 e. The first-order chi connectivity index (χ1) is 13.0. The summed E-state index contributed by atoms with van der Waals surface area (Å²) < 4.78 is 5.44. The van der Waals surface area contributed by atoms with Crippen molar-refractivity contribution in [1.82, 2.24) is 10.6 Å². The van der Waals surface area contributed by atoms with Gasteiger partial charge >= 0.3 is 0 Å². The molecule has 2 rings (SSSR count). The van der Waals surface area contributed by atoms with E-state index < -0.39 is 0 Å². The average molecular weight is 392 g/mol. The summed E-state index contributed by atoms with van der Waals surface area (Å²) in [5.41, 5.74) is 8.09. The van der Waals surface area contributed by atoms with E-state index in [2.05, 4.69) is 30.2 Å². The van der Waals surface area contributed by atoms with Gasteiger partial charge in [0.25, 0.3) is 0 Å². The molecule has 1 heterocycles. The summed E-state index contributed by atoms with van der Waals surface area (Å²) in [4.78, 5) is 14.4. The lowest BCUT2D eigenvalue weighted by molar-refractivity contribution is -0.122. The van der Waals surface area contributed by atoms with Gasteiger partial charge in [0.15, 0.2) is 0 Å². The minimum atomic E-state index is 0.0822. The van der Waals surface area contributed by atoms with E-state index in [9.17, 15) is 4.79 Å². The van der Waals surface area contributed by atoms with Gasteiger partial charge in [-0.05, 0) is 61.3 Å². The first-order valence-electron chi connectivity index (χ1n) is 9.79. The number of amides is 1. The number of nitrogens with one attached hydrogen (secondary N) is 2. The second-order valence-electron chi connectivity index (χ2n) is 7.05. The van der Waals surface area contributed by atoms with Crippen molar-refractivity contribution >= 4 is 23.4 Å². The molecule has 1 aliphatic heterocycles. The fraction of sp³-hybridized carbons (Fsp3) is 0.571. The Bertz CT molecular complexity index is 630. The summed E-state index contributed by atoms with van der Waals surface area (Å²) in [5.74, 6) is 0.558. The van der Waals surface area contributed by atoms with Crippen molar-refractivity contribution in [3.8, 4) is 0 Å². The van der Waals surface area contributed by atoms with Crippen LogP contribution < -0.4 is 16.4 Å². The van der Waals surface area contributed by atoms with Crippen molar-refractivity contribution < 1.29 is 9.53 Å². The maximum atomic E-state index is 12.4. The van der Waals surface area contributed by atoms with Crippen molar-refractivity contribution in [2.75, 3.05) is 32.5 Å². The Morgan fingerprint density at radius 3 is 2.78 bits per heavy atom. The van der Waals surface area contributed by atoms with E-state index in [1.165, 1.54) is 5.56 Å². The molecule has 1 fully saturated rings. The number of carbonyl (C=O) groups excluding carboxylic acids is 1. The Balaban J connectivity index is 1.82. The largest absolute Gasteiger partial charge is 0.398 e. The third-order valence-corrected chi connectivity index (χ3v) is 6.04. The number of rotatable bonds is 10. The normalized spacial score (nSPS) is 16.1. The number of carbonyl (C=O) groups is 1. The van der Waals surface area contributed by atoms with Crippen LogP contribution in [0.25, 0.3) is 0 Å². The number of ether oxygens (including phenoxy) is 1. The number of benzene rings is 1. The highest BCUT2D eigenvalue weighted by molar-refractivity contribution is 8.03. The maximum absolute atomic E-state index is 12.4. The molecule has 0 bridgehead atoms. The van der Waals surface area contributed by atoms with Gasteiger partial charge < -0.3 is 21.1 Å². The van der Waals surface area contributed by atoms with Crippen LogP contribution in [-0.4, -0.2) is 38.8 Å². The second kappa shape index (κ2) is 11.4. The van der Waals surface area contributed by atoms with E-state index in [-0.39, 0.29) is 11.9 Å². The Kier molecular flexibility index (Phi) is 9.18. The molecule has 1 aliphatic rings. The van der Waals surface area contributed by atoms with Crippen LogP contribution in [0.4, 0.5) is 5.69 Å². The van der Waals surface area contributed by atoms with Crippen LogP contribution >= 0.6 is 11.8 Å². The Labute approximate surface area is 167 Å². The zero-order valence-corrected chi connectivity index (χ0v) is 17.4. The monoisotopic (exact) mass is 391 g/mol. The second-order valence-corrected chi connectivity index (χ2v) is 8.27. The predicted octanol–water partition coefficient (Wildman–Crippen LogP) is 3.35. The lowest BCUT2D eigenvalue weighted by Gasteiger charge is -2.31. The zero-order chi connectivity index (χ0) is 19.6. The topological polar surface area (TPSA) is 76.4 Å². The molecule has 150 valence electrons. The number of nitrogens with two attached hydrogens (primary N) is 1. The Morgan fingerprint density at radius 1 is 1.37 bits per heavy atom. The number of thioether (sulfide) groups is 1. The van der Waals surface area contributed by atoms with Crippen molar-refractivity contribution in [2.24, 2.45) is 5.92 Å². The molecular formula is C21H33N3O2S. The number of nitrogen functional groups attached to an aromatic ring is 1. The van der Waals surface area contributed by atoms with Crippen molar-refractivity contribution in [1.29, 1.82) is 0 Å². The van der Waals surface area contributed by atoms with Crippen LogP contribution in [0.1, 0.15) is 38.2 Å². The van der Waals surface area contributed by atoms with Crippen molar-refractivity contribution in [2.45, 2.75) is 50.0 Å². The number of anilines is 1. The summed E-state index contributed by atoms with van der Waals surface area (Å²) in [5, 5.41) is 6.40. The fourth-order valence-electron chi connectivity index (χ4n) is 3.30. The van der Waals surface area contributed by atoms with E-state index in [4.69, 9.17) is 10.5 Å². The van der Waals surface area contributed by atoms with E-state index in [0.717, 1.165) is 54.5 Å². The summed E-state index contributed by atoms with van der Waals surface area (Å²) in [6.45, 7) is 8.60. The summed E-state index contributed by atoms with van der Waals surface area (Å²) in [6.07, 6.45) is 4.07. The zero-order valence-electron chi connectivity index (χ0n) is 16.6. The van der Waals surface area contributed by atoms with E-state index in [1.54, 1.807) is 11.8 Å². The first-order valence-corrected chi connectivity index (χ1v) is 10.6. The minimum absolute atomic E-state index is 0.0822. The molecule has 0 spiro atoms. The fourth-order valence-corrected chi connectivity index (χ4v) is 4.21. The van der Waals surface area contributed by atoms with Gasteiger partial charge in [-0.25, -0.2) is 0 Å². The molecule has 1 unspecified atom stereocenters. The van der Waals surface area contributed by atoms with Crippen molar-refractivity contribution in [3.63, 3.8) is 0 Å². The van der Waals surface area contributed by atoms with E-state index in [1.807, 2.05) is 19.2 Å². The molecule has 5 nitrogen and oxygen atoms in total. The molecule has 1 amide bonds. The molecule has 1 atom stereocenters. The van der Waals surface area contributed by atoms with Crippen LogP contribution in [0.2, 0.25) is 0 Å². The van der Waals surface area contributed by atoms with Gasteiger partial charge in [0.1, 0.15) is 0 Å². The quantitative estimate of drug-likeness (QED) is 0.421. The molecule has 0 radical (unpaired) electrons. The lowest BCUT2D eigenvalue weighted by Crippen LogP contribution is -2.47. The third-order valence-electron chi connectivity index (χ3n) is 4.98. The van der Waals surface area contributed by atoms with Gasteiger partial charge in [0, 0.05) is 42.8 Å². The lowest BCUT2D eigenvalue weighted by atomic mass is 9.91. The van der Waals surface area contributed by atoms with Crippen LogP contribution in [0.3, 0.4) is 0 Å². The number of allylic oxidation sites excluding steroid dienone is 1. The van der Waals surface area contributed by atoms with Crippen molar-refractivity contribution in [3.05, 3.63) is 35.2 Å². The van der Waals surface area contributed by atoms with Gasteiger partial charge in [0.05, 0.1) is 0 Å². The van der Waals surface area contributed by atoms with Crippen LogP contribution in [0.15, 0.2) is 34.6 Å². The molecule has 1 saturated heterocycles. The third kappa shape index (κ3) is 7.20. The molecule has 1 aromatic rings. The molecule has 6 heteroatoms. The smallest absolute Gasteiger partial charge is 0.220 e. The number of hydrogen-bond donors (Lipinski definition) is 3. The molecule has 27 heavy (non-hydrogen) atoms.